The molecular weight excluding hydrogens is 327 g/mol. The number of anilines is 1. The second-order valence-corrected chi connectivity index (χ2v) is 6.45. The summed E-state index contributed by atoms with van der Waals surface area (Å²) in [6.45, 7) is 2.19. The third kappa shape index (κ3) is 2.40. The van der Waals surface area contributed by atoms with Crippen molar-refractivity contribution in [1.29, 1.82) is 0 Å². The molecule has 2 fully saturated rings. The molecule has 17 heavy (non-hydrogen) atoms. The van der Waals surface area contributed by atoms with Crippen LogP contribution in [0.2, 0.25) is 0 Å². The monoisotopic (exact) mass is 344 g/mol. The van der Waals surface area contributed by atoms with Crippen LogP contribution in [-0.2, 0) is 0 Å². The van der Waals surface area contributed by atoms with E-state index in [2.05, 4.69) is 37.5 Å². The lowest BCUT2D eigenvalue weighted by atomic mass is 9.79. The normalized spacial score (nSPS) is 32.6. The molecule has 4 nitrogen and oxygen atoms in total. The van der Waals surface area contributed by atoms with E-state index in [0.717, 1.165) is 34.4 Å². The Balaban J connectivity index is 1.73. The van der Waals surface area contributed by atoms with Crippen LogP contribution in [0.5, 0.6) is 0 Å². The van der Waals surface area contributed by atoms with Crippen molar-refractivity contribution in [2.75, 3.05) is 18.0 Å². The van der Waals surface area contributed by atoms with Crippen molar-refractivity contribution in [3.05, 3.63) is 16.0 Å². The van der Waals surface area contributed by atoms with Gasteiger partial charge in [0, 0.05) is 35.1 Å². The number of fused-ring (bicyclic) bond motifs is 1. The van der Waals surface area contributed by atoms with Gasteiger partial charge in [-0.3, -0.25) is 0 Å². The first-order valence-corrected chi connectivity index (χ1v) is 7.28. The summed E-state index contributed by atoms with van der Waals surface area (Å²) in [6.07, 6.45) is 7.40. The zero-order valence-electron chi connectivity index (χ0n) is 9.72. The molecule has 3 rings (SSSR count). The first-order valence-electron chi connectivity index (χ1n) is 6.20. The molecule has 0 amide bonds. The molecule has 5 heteroatoms. The van der Waals surface area contributed by atoms with E-state index in [0.29, 0.717) is 6.04 Å². The first-order chi connectivity index (χ1) is 8.22. The van der Waals surface area contributed by atoms with Crippen LogP contribution in [0.15, 0.2) is 12.4 Å². The summed E-state index contributed by atoms with van der Waals surface area (Å²) in [5.41, 5.74) is 6.04. The Morgan fingerprint density at radius 2 is 1.88 bits per heavy atom. The molecule has 0 aromatic carbocycles. The van der Waals surface area contributed by atoms with E-state index < -0.39 is 0 Å². The molecule has 2 aliphatic rings. The molecule has 1 aromatic heterocycles. The smallest absolute Gasteiger partial charge is 0.225 e. The van der Waals surface area contributed by atoms with Crippen molar-refractivity contribution in [1.82, 2.24) is 9.97 Å². The van der Waals surface area contributed by atoms with E-state index >= 15 is 0 Å². The molecule has 92 valence electrons. The molecule has 1 saturated heterocycles. The van der Waals surface area contributed by atoms with Gasteiger partial charge >= 0.3 is 0 Å². The maximum atomic E-state index is 6.04. The number of hydrogen-bond donors (Lipinski definition) is 1. The van der Waals surface area contributed by atoms with E-state index in [1.165, 1.54) is 19.3 Å². The molecule has 1 aromatic rings. The van der Waals surface area contributed by atoms with E-state index in [1.54, 1.807) is 0 Å². The van der Waals surface area contributed by atoms with Gasteiger partial charge in [0.1, 0.15) is 0 Å². The van der Waals surface area contributed by atoms with Gasteiger partial charge in [-0.25, -0.2) is 9.97 Å². The molecule has 2 N–H and O–H groups in total. The van der Waals surface area contributed by atoms with Crippen LogP contribution in [0.1, 0.15) is 19.3 Å². The topological polar surface area (TPSA) is 55.0 Å². The molecule has 3 atom stereocenters. The van der Waals surface area contributed by atoms with Crippen molar-refractivity contribution >= 4 is 28.5 Å². The molecule has 2 heterocycles. The second-order valence-electron chi connectivity index (χ2n) is 5.20. The Morgan fingerprint density at radius 3 is 2.65 bits per heavy atom. The van der Waals surface area contributed by atoms with Gasteiger partial charge in [0.25, 0.3) is 0 Å². The lowest BCUT2D eigenvalue weighted by Gasteiger charge is -2.27. The quantitative estimate of drug-likeness (QED) is 0.787. The minimum atomic E-state index is 0.411. The highest BCUT2D eigenvalue weighted by Gasteiger charge is 2.37. The predicted molar refractivity (Wildman–Crippen MR) is 75.8 cm³/mol. The zero-order chi connectivity index (χ0) is 11.8. The van der Waals surface area contributed by atoms with Gasteiger partial charge in [0.2, 0.25) is 5.95 Å². The van der Waals surface area contributed by atoms with Crippen LogP contribution >= 0.6 is 22.6 Å². The van der Waals surface area contributed by atoms with E-state index in [-0.39, 0.29) is 0 Å². The molecule has 1 saturated carbocycles. The van der Waals surface area contributed by atoms with Crippen LogP contribution in [0.3, 0.4) is 0 Å². The molecule has 1 aliphatic carbocycles. The van der Waals surface area contributed by atoms with Crippen LogP contribution in [-0.4, -0.2) is 29.1 Å². The summed E-state index contributed by atoms with van der Waals surface area (Å²) >= 11 is 2.24. The molecule has 1 unspecified atom stereocenters. The Morgan fingerprint density at radius 1 is 1.18 bits per heavy atom. The molecule has 1 aliphatic heterocycles. The van der Waals surface area contributed by atoms with E-state index in [9.17, 15) is 0 Å². The SMILES string of the molecule is NC1CC[C@@H]2CN(c3ncc(I)cn3)C[C@@H]2C1. The van der Waals surface area contributed by atoms with Crippen molar-refractivity contribution in [2.45, 2.75) is 25.3 Å². The van der Waals surface area contributed by atoms with Crippen molar-refractivity contribution in [3.8, 4) is 0 Å². The first kappa shape index (κ1) is 11.6. The minimum Gasteiger partial charge on any atom is -0.340 e. The standard InChI is InChI=1S/C12H17IN4/c13-10-4-15-12(16-5-10)17-6-8-1-2-11(14)3-9(8)7-17/h4-5,8-9,11H,1-3,6-7,14H2/t8-,9+,11?/m1/s1. The van der Waals surface area contributed by atoms with Crippen molar-refractivity contribution < 1.29 is 0 Å². The Bertz CT molecular complexity index is 394. The number of nitrogens with two attached hydrogens (primary N) is 1. The third-order valence-corrected chi connectivity index (χ3v) is 4.54. The molecule has 0 radical (unpaired) electrons. The summed E-state index contributed by atoms with van der Waals surface area (Å²) in [7, 11) is 0. The number of rotatable bonds is 1. The molecular formula is C12H17IN4. The fourth-order valence-electron chi connectivity index (χ4n) is 3.10. The van der Waals surface area contributed by atoms with Gasteiger partial charge in [-0.1, -0.05) is 0 Å². The fraction of sp³-hybridized carbons (Fsp3) is 0.667. The van der Waals surface area contributed by atoms with Crippen LogP contribution in [0, 0.1) is 15.4 Å². The highest BCUT2D eigenvalue weighted by Crippen LogP contribution is 2.36. The Kier molecular flexibility index (Phi) is 3.21. The summed E-state index contributed by atoms with van der Waals surface area (Å²) in [4.78, 5) is 11.1. The summed E-state index contributed by atoms with van der Waals surface area (Å²) in [6, 6.07) is 0.411. The van der Waals surface area contributed by atoms with E-state index in [4.69, 9.17) is 5.73 Å². The van der Waals surface area contributed by atoms with Gasteiger partial charge in [0.05, 0.1) is 0 Å². The minimum absolute atomic E-state index is 0.411. The lowest BCUT2D eigenvalue weighted by molar-refractivity contribution is 0.271. The largest absolute Gasteiger partial charge is 0.340 e. The van der Waals surface area contributed by atoms with Gasteiger partial charge in [0.15, 0.2) is 0 Å². The summed E-state index contributed by atoms with van der Waals surface area (Å²) < 4.78 is 1.09. The van der Waals surface area contributed by atoms with Crippen LogP contribution in [0.25, 0.3) is 0 Å². The molecule has 0 bridgehead atoms. The van der Waals surface area contributed by atoms with Crippen molar-refractivity contribution in [3.63, 3.8) is 0 Å². The summed E-state index contributed by atoms with van der Waals surface area (Å²) in [5, 5.41) is 0. The maximum absolute atomic E-state index is 6.04. The zero-order valence-corrected chi connectivity index (χ0v) is 11.9. The number of aromatic nitrogens is 2. The Hall–Kier alpha value is -0.430. The lowest BCUT2D eigenvalue weighted by Crippen LogP contribution is -2.32. The van der Waals surface area contributed by atoms with Crippen molar-refractivity contribution in [2.24, 2.45) is 17.6 Å². The van der Waals surface area contributed by atoms with Gasteiger partial charge in [-0.2, -0.15) is 0 Å². The second kappa shape index (κ2) is 4.68. The third-order valence-electron chi connectivity index (χ3n) is 3.98. The van der Waals surface area contributed by atoms with Gasteiger partial charge in [-0.15, -0.1) is 0 Å². The number of hydrogen-bond acceptors (Lipinski definition) is 4. The average molecular weight is 344 g/mol. The van der Waals surface area contributed by atoms with Crippen LogP contribution in [0.4, 0.5) is 5.95 Å². The summed E-state index contributed by atoms with van der Waals surface area (Å²) in [5.74, 6) is 2.44. The van der Waals surface area contributed by atoms with Gasteiger partial charge in [-0.05, 0) is 53.7 Å². The van der Waals surface area contributed by atoms with Gasteiger partial charge < -0.3 is 10.6 Å². The highest BCUT2D eigenvalue weighted by molar-refractivity contribution is 14.1. The Labute approximate surface area is 115 Å². The fourth-order valence-corrected chi connectivity index (χ4v) is 3.38. The average Bonchev–Trinajstić information content (AvgIpc) is 2.72. The predicted octanol–water partition coefficient (Wildman–Crippen LogP) is 1.64. The highest BCUT2D eigenvalue weighted by atomic mass is 127. The van der Waals surface area contributed by atoms with Crippen LogP contribution < -0.4 is 10.6 Å². The molecule has 0 spiro atoms. The number of nitrogens with zero attached hydrogens (tertiary/aromatic N) is 3. The number of halogens is 1. The maximum Gasteiger partial charge on any atom is 0.225 e. The van der Waals surface area contributed by atoms with E-state index in [1.807, 2.05) is 12.4 Å².